The minimum absolute atomic E-state index is 0.373. The third kappa shape index (κ3) is 10.8. The van der Waals surface area contributed by atoms with Gasteiger partial charge in [0.15, 0.2) is 34.0 Å². The van der Waals surface area contributed by atoms with Crippen LogP contribution >= 0.6 is 0 Å². The van der Waals surface area contributed by atoms with E-state index in [0.29, 0.717) is 13.7 Å². The van der Waals surface area contributed by atoms with Crippen LogP contribution in [0.25, 0.3) is 32.9 Å². The lowest BCUT2D eigenvalue weighted by Gasteiger charge is -2.34. The van der Waals surface area contributed by atoms with Crippen LogP contribution in [0.3, 0.4) is 0 Å². The predicted molar refractivity (Wildman–Crippen MR) is 234 cm³/mol. The summed E-state index contributed by atoms with van der Waals surface area (Å²) in [6, 6.07) is 10.9. The van der Waals surface area contributed by atoms with Gasteiger partial charge in [0.2, 0.25) is 17.7 Å². The number of para-hydroxylation sites is 3. The largest absolute Gasteiger partial charge is 0.513 e. The molecule has 3 atom stereocenters. The molecule has 3 amide bonds. The second kappa shape index (κ2) is 21.1. The van der Waals surface area contributed by atoms with Gasteiger partial charge >= 0.3 is 35.7 Å². The molecule has 0 bridgehead atoms. The molecule has 0 fully saturated rings. The van der Waals surface area contributed by atoms with Crippen molar-refractivity contribution in [1.29, 1.82) is 0 Å². The number of fused-ring (bicyclic) bond motifs is 3. The van der Waals surface area contributed by atoms with Crippen molar-refractivity contribution in [2.24, 2.45) is 0 Å². The zero-order valence-electron chi connectivity index (χ0n) is 37.4. The summed E-state index contributed by atoms with van der Waals surface area (Å²) in [6.45, 7) is 0.582. The van der Waals surface area contributed by atoms with E-state index in [4.69, 9.17) is 27.5 Å². The molecule has 6 rings (SSSR count). The summed E-state index contributed by atoms with van der Waals surface area (Å²) in [7, 11) is 2.99. The van der Waals surface area contributed by atoms with Crippen LogP contribution in [0.1, 0.15) is 39.3 Å². The van der Waals surface area contributed by atoms with Crippen LogP contribution < -0.4 is 64.1 Å². The van der Waals surface area contributed by atoms with Gasteiger partial charge in [0.25, 0.3) is 16.7 Å². The first kappa shape index (κ1) is 50.1. The highest BCUT2D eigenvalue weighted by Gasteiger charge is 2.32. The van der Waals surface area contributed by atoms with Crippen molar-refractivity contribution >= 4 is 69.1 Å². The fourth-order valence-corrected chi connectivity index (χ4v) is 7.09. The van der Waals surface area contributed by atoms with E-state index in [1.807, 2.05) is 0 Å². The molecule has 0 radical (unpaired) electrons. The molecule has 28 nitrogen and oxygen atoms in total. The molecule has 0 spiro atoms. The van der Waals surface area contributed by atoms with Gasteiger partial charge in [0.05, 0.1) is 37.5 Å². The molecule has 70 heavy (non-hydrogen) atoms. The van der Waals surface area contributed by atoms with Crippen molar-refractivity contribution in [3.8, 4) is 17.2 Å². The Balaban J connectivity index is 1.58. The summed E-state index contributed by atoms with van der Waals surface area (Å²) in [4.78, 5) is 160. The molecule has 0 aliphatic carbocycles. The highest BCUT2D eigenvalue weighted by molar-refractivity contribution is 5.86. The van der Waals surface area contributed by atoms with Gasteiger partial charge in [0.1, 0.15) is 18.5 Å². The normalized spacial score (nSPS) is 12.4. The molecule has 3 heterocycles. The van der Waals surface area contributed by atoms with Crippen LogP contribution in [-0.4, -0.2) is 95.8 Å². The first-order chi connectivity index (χ1) is 33.3. The molecule has 3 unspecified atom stereocenters. The zero-order valence-corrected chi connectivity index (χ0v) is 37.4. The Morgan fingerprint density at radius 1 is 0.471 bits per heavy atom. The SMILES string of the molecule is COC(=O)Oc1cccc2c(=O)n(C(CN(CC(NC(C)=O)n3c(=O)oc4c(OC(=O)OC)cccc4c3=O)CC(NC(C)=O)n3c(=O)oc4c(OC(=O)OC)cccc4c3=O)NC(C)=O)c(=O)oc12. The zero-order chi connectivity index (χ0) is 51.1. The number of methoxy groups -OCH3 is 3. The smallest absolute Gasteiger partial charge is 0.437 e. The Morgan fingerprint density at radius 2 is 0.729 bits per heavy atom. The molecule has 0 saturated carbocycles. The lowest BCUT2D eigenvalue weighted by Crippen LogP contribution is -2.55. The molecule has 3 N–H and O–H groups in total. The number of carbonyl (C=O) groups excluding carboxylic acids is 6. The number of carbonyl (C=O) groups is 6. The highest BCUT2D eigenvalue weighted by Crippen LogP contribution is 2.26. The van der Waals surface area contributed by atoms with Crippen LogP contribution in [0.15, 0.2) is 96.6 Å². The molecule has 0 aliphatic heterocycles. The maximum Gasteiger partial charge on any atom is 0.513 e. The molecular weight excluding hydrogens is 938 g/mol. The second-order valence-electron chi connectivity index (χ2n) is 14.6. The predicted octanol–water partition coefficient (Wildman–Crippen LogP) is 0.533. The number of nitrogens with zero attached hydrogens (tertiary/aromatic N) is 4. The van der Waals surface area contributed by atoms with Gasteiger partial charge in [-0.3, -0.25) is 33.7 Å². The van der Waals surface area contributed by atoms with E-state index < -0.39 is 142 Å². The van der Waals surface area contributed by atoms with Crippen molar-refractivity contribution in [3.05, 3.63) is 117 Å². The Kier molecular flexibility index (Phi) is 15.1. The maximum atomic E-state index is 14.3. The van der Waals surface area contributed by atoms with Crippen molar-refractivity contribution in [1.82, 2.24) is 34.6 Å². The Hall–Kier alpha value is -9.34. The number of nitrogens with one attached hydrogen (secondary N) is 3. The molecule has 28 heteroatoms. The summed E-state index contributed by atoms with van der Waals surface area (Å²) in [5.41, 5.74) is -4.99. The van der Waals surface area contributed by atoms with Gasteiger partial charge in [-0.2, -0.15) is 0 Å². The number of rotatable bonds is 15. The lowest BCUT2D eigenvalue weighted by molar-refractivity contribution is -0.120. The van der Waals surface area contributed by atoms with Crippen molar-refractivity contribution in [2.45, 2.75) is 39.3 Å². The quantitative estimate of drug-likeness (QED) is 0.0718. The van der Waals surface area contributed by atoms with E-state index in [-0.39, 0.29) is 16.2 Å². The van der Waals surface area contributed by atoms with Crippen LogP contribution in [0, 0.1) is 0 Å². The average Bonchev–Trinajstić information content (AvgIpc) is 3.29. The molecule has 3 aromatic heterocycles. The van der Waals surface area contributed by atoms with E-state index in [0.717, 1.165) is 47.0 Å². The van der Waals surface area contributed by atoms with Crippen molar-refractivity contribution in [3.63, 3.8) is 0 Å². The minimum atomic E-state index is -1.84. The van der Waals surface area contributed by atoms with E-state index in [9.17, 15) is 57.5 Å². The van der Waals surface area contributed by atoms with E-state index in [2.05, 4.69) is 30.2 Å². The van der Waals surface area contributed by atoms with E-state index in [1.54, 1.807) is 0 Å². The Morgan fingerprint density at radius 3 is 0.957 bits per heavy atom. The van der Waals surface area contributed by atoms with Crippen LogP contribution in [0.2, 0.25) is 0 Å². The average molecular weight is 978 g/mol. The van der Waals surface area contributed by atoms with Gasteiger partial charge in [-0.25, -0.2) is 42.5 Å². The molecule has 0 aliphatic rings. The molecule has 0 saturated heterocycles. The third-order valence-corrected chi connectivity index (χ3v) is 9.86. The van der Waals surface area contributed by atoms with Crippen LogP contribution in [0.5, 0.6) is 17.2 Å². The van der Waals surface area contributed by atoms with Crippen molar-refractivity contribution < 1.29 is 70.4 Å². The standard InChI is InChI=1S/C42H39N7O21/c1-19(50)43-28(47-34(53)22-10-7-13-25(65-40(59)62-4)31(22)68-37(47)56)16-46(17-29(44-20(2)51)48-35(54)23-11-8-14-26(66-41(60)63-5)32(23)69-38(48)57)18-30(45-21(3)52)49-36(55)24-12-9-15-27(67-42(61)64-6)33(24)70-39(49)58/h7-15,28-30H,16-18H2,1-6H3,(H,43,50)(H,44,51)(H,45,52). The number of amides is 3. The van der Waals surface area contributed by atoms with Crippen LogP contribution in [-0.2, 0) is 28.6 Å². The van der Waals surface area contributed by atoms with Gasteiger partial charge in [-0.05, 0) is 36.4 Å². The third-order valence-electron chi connectivity index (χ3n) is 9.86. The molecule has 3 aromatic carbocycles. The number of benzene rings is 3. The van der Waals surface area contributed by atoms with Crippen LogP contribution in [0.4, 0.5) is 14.4 Å². The summed E-state index contributed by atoms with van der Waals surface area (Å²) in [5.74, 6) is -8.22. The fourth-order valence-electron chi connectivity index (χ4n) is 7.09. The van der Waals surface area contributed by atoms with Gasteiger partial charge in [0, 0.05) is 40.4 Å². The van der Waals surface area contributed by atoms with Crippen molar-refractivity contribution in [2.75, 3.05) is 41.0 Å². The minimum Gasteiger partial charge on any atom is -0.437 e. The maximum absolute atomic E-state index is 14.3. The topological polar surface area (TPSA) is 354 Å². The summed E-state index contributed by atoms with van der Waals surface area (Å²) in [5, 5.41) is 6.16. The molecular formula is C42H39N7O21. The number of aromatic nitrogens is 3. The monoisotopic (exact) mass is 977 g/mol. The van der Waals surface area contributed by atoms with Gasteiger partial charge in [-0.1, -0.05) is 18.2 Å². The number of hydrogen-bond donors (Lipinski definition) is 3. The summed E-state index contributed by atoms with van der Waals surface area (Å²) >= 11 is 0. The molecule has 368 valence electrons. The Bertz CT molecular complexity index is 3100. The lowest BCUT2D eigenvalue weighted by atomic mass is 10.2. The summed E-state index contributed by atoms with van der Waals surface area (Å²) < 4.78 is 46.2. The highest BCUT2D eigenvalue weighted by atomic mass is 16.7. The first-order valence-electron chi connectivity index (χ1n) is 20.1. The first-order valence-corrected chi connectivity index (χ1v) is 20.1. The summed E-state index contributed by atoms with van der Waals surface area (Å²) in [6.07, 6.45) is -9.22. The molecule has 6 aromatic rings. The van der Waals surface area contributed by atoms with E-state index in [1.165, 1.54) is 54.6 Å². The number of hydrogen-bond acceptors (Lipinski definition) is 22. The Labute approximate surface area is 388 Å². The van der Waals surface area contributed by atoms with Gasteiger partial charge < -0.3 is 57.6 Å². The van der Waals surface area contributed by atoms with Gasteiger partial charge in [-0.15, -0.1) is 0 Å². The second-order valence-corrected chi connectivity index (χ2v) is 14.6. The fraction of sp³-hybridized carbons (Fsp3) is 0.286. The van der Waals surface area contributed by atoms with E-state index >= 15 is 0 Å². The number of ether oxygens (including phenoxy) is 6.